The number of rotatable bonds is 4. The smallest absolute Gasteiger partial charge is 0.335 e. The van der Waals surface area contributed by atoms with Gasteiger partial charge in [-0.1, -0.05) is 5.75 Å². The van der Waals surface area contributed by atoms with Crippen molar-refractivity contribution in [2.75, 3.05) is 39.5 Å². The summed E-state index contributed by atoms with van der Waals surface area (Å²) in [6.07, 6.45) is 0. The predicted octanol–water partition coefficient (Wildman–Crippen LogP) is 0.116. The van der Waals surface area contributed by atoms with E-state index in [0.29, 0.717) is 6.61 Å². The largest absolute Gasteiger partial charge is 0.872 e. The van der Waals surface area contributed by atoms with E-state index in [1.165, 1.54) is 12.1 Å². The molecule has 1 aromatic rings. The number of quaternary nitrogens is 1. The van der Waals surface area contributed by atoms with Gasteiger partial charge >= 0.3 is 5.97 Å². The summed E-state index contributed by atoms with van der Waals surface area (Å²) in [5, 5.41) is 27.8. The van der Waals surface area contributed by atoms with Crippen LogP contribution in [-0.4, -0.2) is 54.5 Å². The van der Waals surface area contributed by atoms with Crippen LogP contribution in [0.3, 0.4) is 0 Å². The molecule has 0 aliphatic rings. The van der Waals surface area contributed by atoms with E-state index in [9.17, 15) is 9.90 Å². The second-order valence-corrected chi connectivity index (χ2v) is 4.76. The van der Waals surface area contributed by atoms with Gasteiger partial charge in [-0.3, -0.25) is 0 Å². The maximum absolute atomic E-state index is 10.8. The molecule has 0 spiro atoms. The number of anilines is 1. The average Bonchev–Trinajstić information content (AvgIpc) is 2.29. The lowest BCUT2D eigenvalue weighted by Gasteiger charge is -2.26. The molecule has 0 radical (unpaired) electrons. The average molecular weight is 270 g/mol. The summed E-state index contributed by atoms with van der Waals surface area (Å²) in [5.74, 6) is -1.78. The Morgan fingerprint density at radius 1 is 1.42 bits per heavy atom. The monoisotopic (exact) mass is 270 g/mol. The summed E-state index contributed by atoms with van der Waals surface area (Å²) in [4.78, 5) is 10.3. The molecular formula is C13H22N2O4. The highest BCUT2D eigenvalue weighted by Gasteiger charge is 2.08. The summed E-state index contributed by atoms with van der Waals surface area (Å²) < 4.78 is 0.913. The number of carbonyl (C=O) groups is 1. The minimum Gasteiger partial charge on any atom is -0.872 e. The Bertz CT molecular complexity index is 419. The lowest BCUT2D eigenvalue weighted by molar-refractivity contribution is -0.888. The van der Waals surface area contributed by atoms with Gasteiger partial charge in [-0.05, 0) is 25.1 Å². The lowest BCUT2D eigenvalue weighted by atomic mass is 10.2. The molecule has 0 bridgehead atoms. The summed E-state index contributed by atoms with van der Waals surface area (Å²) in [6.45, 7) is 4.35. The zero-order valence-electron chi connectivity index (χ0n) is 11.6. The summed E-state index contributed by atoms with van der Waals surface area (Å²) in [5.41, 5.74) is 5.26. The van der Waals surface area contributed by atoms with Crippen LogP contribution in [0.4, 0.5) is 5.69 Å². The van der Waals surface area contributed by atoms with E-state index in [-0.39, 0.29) is 11.3 Å². The van der Waals surface area contributed by atoms with E-state index in [2.05, 4.69) is 21.0 Å². The lowest BCUT2D eigenvalue weighted by Crippen LogP contribution is -2.41. The first kappa shape index (κ1) is 17.2. The molecule has 0 saturated heterocycles. The molecule has 0 aliphatic carbocycles. The van der Waals surface area contributed by atoms with Crippen LogP contribution < -0.4 is 10.8 Å². The molecule has 1 aromatic carbocycles. The minimum absolute atomic E-state index is 0.251. The molecule has 0 unspecified atom stereocenters. The molecule has 0 atom stereocenters. The number of carboxylic acid groups (broad SMARTS) is 1. The number of hydrogen-bond acceptors (Lipinski definition) is 4. The predicted molar refractivity (Wildman–Crippen MR) is 71.9 cm³/mol. The van der Waals surface area contributed by atoms with Crippen molar-refractivity contribution in [1.82, 2.24) is 0 Å². The van der Waals surface area contributed by atoms with Crippen molar-refractivity contribution >= 4 is 11.7 Å². The molecule has 0 heterocycles. The Labute approximate surface area is 113 Å². The normalized spacial score (nSPS) is 10.5. The van der Waals surface area contributed by atoms with Gasteiger partial charge in [-0.2, -0.15) is 0 Å². The van der Waals surface area contributed by atoms with Crippen LogP contribution >= 0.6 is 0 Å². The van der Waals surface area contributed by atoms with Gasteiger partial charge < -0.3 is 25.5 Å². The number of benzene rings is 1. The van der Waals surface area contributed by atoms with Crippen molar-refractivity contribution in [2.24, 2.45) is 0 Å². The highest BCUT2D eigenvalue weighted by molar-refractivity contribution is 5.91. The fraction of sp³-hybridized carbons (Fsp3) is 0.462. The molecule has 0 amide bonds. The molecule has 19 heavy (non-hydrogen) atoms. The van der Waals surface area contributed by atoms with E-state index in [1.807, 2.05) is 0 Å². The zero-order valence-corrected chi connectivity index (χ0v) is 11.6. The molecule has 4 N–H and O–H groups in total. The van der Waals surface area contributed by atoms with Crippen molar-refractivity contribution in [3.63, 3.8) is 0 Å². The minimum atomic E-state index is -1.23. The van der Waals surface area contributed by atoms with Crippen LogP contribution in [0.1, 0.15) is 17.3 Å². The van der Waals surface area contributed by atoms with Gasteiger partial charge in [-0.15, -0.1) is 0 Å². The van der Waals surface area contributed by atoms with E-state index in [4.69, 9.17) is 15.9 Å². The zero-order chi connectivity index (χ0) is 15.1. The van der Waals surface area contributed by atoms with E-state index < -0.39 is 11.7 Å². The Kier molecular flexibility index (Phi) is 6.89. The van der Waals surface area contributed by atoms with Gasteiger partial charge in [0.1, 0.15) is 6.54 Å². The molecule has 0 saturated carbocycles. The van der Waals surface area contributed by atoms with Gasteiger partial charge in [0.15, 0.2) is 0 Å². The number of aliphatic hydroxyl groups excluding tert-OH is 1. The third-order valence-electron chi connectivity index (χ3n) is 2.80. The SMILES string of the molecule is CC[N+](C)(C)CCO.Nc1ccc(C(=O)O)c([O-])c1. The Hall–Kier alpha value is -1.79. The van der Waals surface area contributed by atoms with Crippen LogP contribution in [0.5, 0.6) is 5.75 Å². The van der Waals surface area contributed by atoms with Crippen molar-refractivity contribution in [2.45, 2.75) is 6.92 Å². The molecule has 0 aliphatic heterocycles. The van der Waals surface area contributed by atoms with Crippen LogP contribution in [0, 0.1) is 0 Å². The van der Waals surface area contributed by atoms with Gasteiger partial charge in [-0.25, -0.2) is 4.79 Å². The van der Waals surface area contributed by atoms with Gasteiger partial charge in [0.05, 0.1) is 32.8 Å². The topological polar surface area (TPSA) is 107 Å². The number of nitrogen functional groups attached to an aromatic ring is 1. The first-order chi connectivity index (χ1) is 8.73. The Morgan fingerprint density at radius 2 is 2.00 bits per heavy atom. The van der Waals surface area contributed by atoms with Crippen molar-refractivity contribution in [3.05, 3.63) is 23.8 Å². The third kappa shape index (κ3) is 6.64. The second-order valence-electron chi connectivity index (χ2n) is 4.76. The van der Waals surface area contributed by atoms with Crippen molar-refractivity contribution in [1.29, 1.82) is 0 Å². The quantitative estimate of drug-likeness (QED) is 0.532. The number of aromatic carboxylic acids is 1. The van der Waals surface area contributed by atoms with Gasteiger partial charge in [0.2, 0.25) is 0 Å². The van der Waals surface area contributed by atoms with Crippen LogP contribution in [0.15, 0.2) is 18.2 Å². The van der Waals surface area contributed by atoms with Crippen molar-refractivity contribution < 1.29 is 24.6 Å². The fourth-order valence-corrected chi connectivity index (χ4v) is 1.14. The first-order valence-electron chi connectivity index (χ1n) is 5.96. The molecular weight excluding hydrogens is 248 g/mol. The highest BCUT2D eigenvalue weighted by atomic mass is 16.4. The first-order valence-corrected chi connectivity index (χ1v) is 5.96. The molecule has 0 fully saturated rings. The number of nitrogens with two attached hydrogens (primary N) is 1. The number of nitrogens with zero attached hydrogens (tertiary/aromatic N) is 1. The highest BCUT2D eigenvalue weighted by Crippen LogP contribution is 2.16. The summed E-state index contributed by atoms with van der Waals surface area (Å²) >= 11 is 0. The Balaban J connectivity index is 0.000000362. The molecule has 6 heteroatoms. The number of hydrogen-bond donors (Lipinski definition) is 3. The molecule has 1 rings (SSSR count). The second kappa shape index (κ2) is 7.60. The van der Waals surface area contributed by atoms with E-state index in [0.717, 1.165) is 23.6 Å². The van der Waals surface area contributed by atoms with Gasteiger partial charge in [0.25, 0.3) is 0 Å². The molecule has 108 valence electrons. The molecule has 6 nitrogen and oxygen atoms in total. The van der Waals surface area contributed by atoms with Gasteiger partial charge in [0, 0.05) is 5.69 Å². The molecule has 0 aromatic heterocycles. The number of carboxylic acids is 1. The Morgan fingerprint density at radius 3 is 2.32 bits per heavy atom. The number of likely N-dealkylation sites (N-methyl/N-ethyl adjacent to an activating group) is 1. The fourth-order valence-electron chi connectivity index (χ4n) is 1.14. The summed E-state index contributed by atoms with van der Waals surface area (Å²) in [6, 6.07) is 3.66. The summed E-state index contributed by atoms with van der Waals surface area (Å²) in [7, 11) is 4.21. The van der Waals surface area contributed by atoms with Crippen LogP contribution in [0.25, 0.3) is 0 Å². The van der Waals surface area contributed by atoms with Crippen LogP contribution in [0.2, 0.25) is 0 Å². The van der Waals surface area contributed by atoms with Crippen molar-refractivity contribution in [3.8, 4) is 5.75 Å². The maximum Gasteiger partial charge on any atom is 0.335 e. The third-order valence-corrected chi connectivity index (χ3v) is 2.80. The van der Waals surface area contributed by atoms with E-state index >= 15 is 0 Å². The van der Waals surface area contributed by atoms with Crippen LogP contribution in [-0.2, 0) is 0 Å². The number of aliphatic hydroxyl groups is 1. The standard InChI is InChI=1S/C7H7NO3.C6H16NO/c8-4-1-2-5(7(10)11)6(9)3-4;1-4-7(2,3)5-6-8/h1-3,9H,8H2,(H,10,11);8H,4-6H2,1-3H3/q;+1/p-1. The maximum atomic E-state index is 10.8. The van der Waals surface area contributed by atoms with E-state index in [1.54, 1.807) is 0 Å².